The Morgan fingerprint density at radius 3 is 2.23 bits per heavy atom. The second-order valence-corrected chi connectivity index (χ2v) is 10.1. The molecule has 0 saturated heterocycles. The van der Waals surface area contributed by atoms with Crippen molar-refractivity contribution in [1.29, 1.82) is 0 Å². The van der Waals surface area contributed by atoms with Gasteiger partial charge < -0.3 is 14.2 Å². The van der Waals surface area contributed by atoms with Gasteiger partial charge in [-0.3, -0.25) is 18.9 Å². The maximum absolute atomic E-state index is 13.5. The molecule has 1 aromatic heterocycles. The van der Waals surface area contributed by atoms with Crippen LogP contribution in [0.25, 0.3) is 11.1 Å². The molecular weight excluding hydrogens is 529 g/mol. The van der Waals surface area contributed by atoms with Crippen LogP contribution in [0.15, 0.2) is 48.5 Å². The van der Waals surface area contributed by atoms with Crippen molar-refractivity contribution in [3.8, 4) is 16.9 Å². The molecular formula is C25H32N5O8P. The van der Waals surface area contributed by atoms with Gasteiger partial charge in [-0.2, -0.15) is 5.21 Å². The quantitative estimate of drug-likeness (QED) is 0.194. The van der Waals surface area contributed by atoms with Crippen molar-refractivity contribution >= 4 is 19.5 Å². The van der Waals surface area contributed by atoms with Gasteiger partial charge in [-0.15, -0.1) is 10.2 Å². The normalized spacial score (nSPS) is 12.1. The molecule has 0 unspecified atom stereocenters. The van der Waals surface area contributed by atoms with Crippen molar-refractivity contribution in [3.05, 3.63) is 59.9 Å². The first kappa shape index (κ1) is 29.9. The molecule has 0 radical (unpaired) electrons. The van der Waals surface area contributed by atoms with E-state index in [1.807, 2.05) is 48.5 Å². The van der Waals surface area contributed by atoms with Crippen molar-refractivity contribution < 1.29 is 37.4 Å². The van der Waals surface area contributed by atoms with Gasteiger partial charge in [-0.1, -0.05) is 47.7 Å². The van der Waals surface area contributed by atoms with Crippen LogP contribution in [-0.4, -0.2) is 72.4 Å². The standard InChI is InChI=1S/C25H32N5O8P/c1-4-35-23(31)15-37-39(33,38-16-24(32)36-5-2)17-26-21(25-27-29-30-28-25)13-18-11-12-20(22(14-18)34-3)19-9-7-6-8-10-19/h6-12,14,21,26H,4-5,13,15-17H2,1-3H3,(H,27,28,29,30)/t21-/m0/s1. The fourth-order valence-electron chi connectivity index (χ4n) is 3.58. The van der Waals surface area contributed by atoms with Gasteiger partial charge in [-0.25, -0.2) is 9.59 Å². The largest absolute Gasteiger partial charge is 0.496 e. The van der Waals surface area contributed by atoms with Gasteiger partial charge in [0, 0.05) is 5.56 Å². The van der Waals surface area contributed by atoms with Gasteiger partial charge in [0.2, 0.25) is 0 Å². The average molecular weight is 562 g/mol. The summed E-state index contributed by atoms with van der Waals surface area (Å²) >= 11 is 0. The maximum atomic E-state index is 13.5. The molecule has 1 atom stereocenters. The summed E-state index contributed by atoms with van der Waals surface area (Å²) in [5, 5.41) is 17.2. The number of aromatic nitrogens is 4. The zero-order chi connectivity index (χ0) is 28.1. The van der Waals surface area contributed by atoms with Crippen LogP contribution in [0.5, 0.6) is 5.75 Å². The zero-order valence-electron chi connectivity index (χ0n) is 22.0. The third kappa shape index (κ3) is 9.25. The number of methoxy groups -OCH3 is 1. The fraction of sp³-hybridized carbons (Fsp3) is 0.400. The summed E-state index contributed by atoms with van der Waals surface area (Å²) < 4.78 is 39.3. The van der Waals surface area contributed by atoms with Crippen molar-refractivity contribution in [2.75, 3.05) is 39.8 Å². The lowest BCUT2D eigenvalue weighted by atomic mass is 9.99. The number of tetrazole rings is 1. The topological polar surface area (TPSA) is 164 Å². The number of rotatable bonds is 16. The molecule has 0 saturated carbocycles. The molecule has 0 amide bonds. The first-order valence-corrected chi connectivity index (χ1v) is 14.0. The Labute approximate surface area is 226 Å². The number of nitrogens with zero attached hydrogens (tertiary/aromatic N) is 3. The molecule has 0 bridgehead atoms. The summed E-state index contributed by atoms with van der Waals surface area (Å²) in [6.45, 7) is 2.27. The molecule has 14 heteroatoms. The van der Waals surface area contributed by atoms with Gasteiger partial charge in [0.15, 0.2) is 19.0 Å². The van der Waals surface area contributed by atoms with Crippen LogP contribution in [0.2, 0.25) is 0 Å². The van der Waals surface area contributed by atoms with Gasteiger partial charge in [-0.05, 0) is 37.5 Å². The monoisotopic (exact) mass is 561 g/mol. The SMILES string of the molecule is CCOC(=O)COP(=O)(CN[C@@H](Cc1ccc(-c2ccccc2)c(OC)c1)c1nn[nH]n1)OCC(=O)OCC. The predicted molar refractivity (Wildman–Crippen MR) is 140 cm³/mol. The highest BCUT2D eigenvalue weighted by molar-refractivity contribution is 7.53. The summed E-state index contributed by atoms with van der Waals surface area (Å²) in [6, 6.07) is 15.0. The van der Waals surface area contributed by atoms with Crippen LogP contribution in [0.1, 0.15) is 31.3 Å². The number of ether oxygens (including phenoxy) is 3. The molecule has 0 aliphatic carbocycles. The third-order valence-electron chi connectivity index (χ3n) is 5.36. The lowest BCUT2D eigenvalue weighted by molar-refractivity contribution is -0.146. The average Bonchev–Trinajstić information content (AvgIpc) is 3.49. The number of benzene rings is 2. The van der Waals surface area contributed by atoms with Crippen molar-refractivity contribution in [2.24, 2.45) is 0 Å². The van der Waals surface area contributed by atoms with Crippen LogP contribution in [-0.2, 0) is 39.1 Å². The Balaban J connectivity index is 1.78. The minimum absolute atomic E-state index is 0.126. The van der Waals surface area contributed by atoms with Gasteiger partial charge in [0.25, 0.3) is 0 Å². The van der Waals surface area contributed by atoms with Gasteiger partial charge in [0.1, 0.15) is 5.75 Å². The van der Waals surface area contributed by atoms with E-state index in [0.29, 0.717) is 18.0 Å². The predicted octanol–water partition coefficient (Wildman–Crippen LogP) is 3.06. The third-order valence-corrected chi connectivity index (χ3v) is 6.98. The van der Waals surface area contributed by atoms with Crippen LogP contribution < -0.4 is 10.1 Å². The summed E-state index contributed by atoms with van der Waals surface area (Å²) in [7, 11) is -2.43. The number of nitrogens with one attached hydrogen (secondary N) is 2. The molecule has 2 aromatic carbocycles. The first-order chi connectivity index (χ1) is 18.9. The van der Waals surface area contributed by atoms with Gasteiger partial charge >= 0.3 is 19.5 Å². The number of aromatic amines is 1. The highest BCUT2D eigenvalue weighted by Crippen LogP contribution is 2.47. The molecule has 3 aromatic rings. The van der Waals surface area contributed by atoms with E-state index in [-0.39, 0.29) is 19.5 Å². The molecule has 0 aliphatic heterocycles. The van der Waals surface area contributed by atoms with Crippen molar-refractivity contribution in [3.63, 3.8) is 0 Å². The smallest absolute Gasteiger partial charge is 0.345 e. The Bertz CT molecular complexity index is 1220. The summed E-state index contributed by atoms with van der Waals surface area (Å²) in [4.78, 5) is 23.6. The molecule has 2 N–H and O–H groups in total. The molecule has 0 aliphatic rings. The molecule has 0 spiro atoms. The Morgan fingerprint density at radius 2 is 1.67 bits per heavy atom. The van der Waals surface area contributed by atoms with E-state index in [4.69, 9.17) is 23.3 Å². The molecule has 39 heavy (non-hydrogen) atoms. The Kier molecular flexibility index (Phi) is 11.6. The van der Waals surface area contributed by atoms with E-state index in [1.165, 1.54) is 0 Å². The van der Waals surface area contributed by atoms with E-state index < -0.39 is 38.8 Å². The number of carbonyl (C=O) groups is 2. The van der Waals surface area contributed by atoms with Crippen molar-refractivity contribution in [1.82, 2.24) is 25.9 Å². The number of hydrogen-bond donors (Lipinski definition) is 2. The molecule has 13 nitrogen and oxygen atoms in total. The lowest BCUT2D eigenvalue weighted by Gasteiger charge is -2.22. The molecule has 1 heterocycles. The highest BCUT2D eigenvalue weighted by atomic mass is 31.2. The number of esters is 2. The molecule has 0 fully saturated rings. The minimum atomic E-state index is -4.02. The number of hydrogen-bond acceptors (Lipinski definition) is 12. The van der Waals surface area contributed by atoms with E-state index in [0.717, 1.165) is 16.7 Å². The fourth-order valence-corrected chi connectivity index (χ4v) is 4.89. The Morgan fingerprint density at radius 1 is 1.00 bits per heavy atom. The summed E-state index contributed by atoms with van der Waals surface area (Å²) in [5.41, 5.74) is 2.80. The highest BCUT2D eigenvalue weighted by Gasteiger charge is 2.30. The van der Waals surface area contributed by atoms with E-state index in [2.05, 4.69) is 25.9 Å². The van der Waals surface area contributed by atoms with Gasteiger partial charge in [0.05, 0.1) is 32.7 Å². The Hall–Kier alpha value is -3.64. The lowest BCUT2D eigenvalue weighted by Crippen LogP contribution is -2.28. The van der Waals surface area contributed by atoms with E-state index in [1.54, 1.807) is 21.0 Å². The molecule has 3 rings (SSSR count). The molecule has 210 valence electrons. The van der Waals surface area contributed by atoms with Crippen LogP contribution >= 0.6 is 7.60 Å². The first-order valence-electron chi connectivity index (χ1n) is 12.3. The van der Waals surface area contributed by atoms with E-state index >= 15 is 0 Å². The minimum Gasteiger partial charge on any atom is -0.496 e. The second-order valence-electron chi connectivity index (χ2n) is 8.06. The van der Waals surface area contributed by atoms with Crippen molar-refractivity contribution in [2.45, 2.75) is 26.3 Å². The number of carbonyl (C=O) groups excluding carboxylic acids is 2. The summed E-state index contributed by atoms with van der Waals surface area (Å²) in [5.74, 6) is -0.481. The van der Waals surface area contributed by atoms with Crippen LogP contribution in [0.4, 0.5) is 0 Å². The maximum Gasteiger partial charge on any atom is 0.345 e. The van der Waals surface area contributed by atoms with E-state index in [9.17, 15) is 14.2 Å². The van der Waals surface area contributed by atoms with Crippen LogP contribution in [0, 0.1) is 0 Å². The zero-order valence-corrected chi connectivity index (χ0v) is 22.9. The number of H-pyrrole nitrogens is 1. The van der Waals surface area contributed by atoms with Crippen LogP contribution in [0.3, 0.4) is 0 Å². The summed E-state index contributed by atoms with van der Waals surface area (Å²) in [6.07, 6.45) is -0.0229. The second kappa shape index (κ2) is 15.1.